The minimum atomic E-state index is -0.560. The number of phenolic OH excluding ortho intramolecular Hbond substituents is 1. The van der Waals surface area contributed by atoms with Crippen molar-refractivity contribution in [3.63, 3.8) is 0 Å². The molecule has 0 bridgehead atoms. The van der Waals surface area contributed by atoms with Crippen molar-refractivity contribution in [3.05, 3.63) is 64.6 Å². The van der Waals surface area contributed by atoms with Crippen molar-refractivity contribution in [3.8, 4) is 11.5 Å². The Labute approximate surface area is 160 Å². The van der Waals surface area contributed by atoms with Gasteiger partial charge in [-0.2, -0.15) is 0 Å². The van der Waals surface area contributed by atoms with Crippen molar-refractivity contribution in [2.45, 2.75) is 6.92 Å². The zero-order chi connectivity index (χ0) is 19.4. The Balaban J connectivity index is 1.81. The standard InChI is InChI=1S/C20H17NO5S/c1-2-26-16-10-6-9-14(18(16)23)11-17-19(24)21(20(25)27-17)12-15(22)13-7-4-3-5-8-13/h3-11,23H,2,12H2,1H3/b17-11-. The Kier molecular flexibility index (Phi) is 5.61. The fourth-order valence-corrected chi connectivity index (χ4v) is 3.39. The second-order valence-corrected chi connectivity index (χ2v) is 6.68. The minimum absolute atomic E-state index is 0.105. The van der Waals surface area contributed by atoms with E-state index in [9.17, 15) is 19.5 Å². The van der Waals surface area contributed by atoms with Crippen molar-refractivity contribution < 1.29 is 24.2 Å². The van der Waals surface area contributed by atoms with Crippen LogP contribution in [0.15, 0.2) is 53.4 Å². The van der Waals surface area contributed by atoms with E-state index in [1.807, 2.05) is 0 Å². The third-order valence-corrected chi connectivity index (χ3v) is 4.80. The number of imide groups is 1. The summed E-state index contributed by atoms with van der Waals surface area (Å²) in [5.41, 5.74) is 0.795. The average molecular weight is 383 g/mol. The molecule has 3 rings (SSSR count). The number of thioether (sulfide) groups is 1. The zero-order valence-corrected chi connectivity index (χ0v) is 15.4. The maximum Gasteiger partial charge on any atom is 0.293 e. The molecule has 0 spiro atoms. The number of hydrogen-bond donors (Lipinski definition) is 1. The second-order valence-electron chi connectivity index (χ2n) is 5.68. The van der Waals surface area contributed by atoms with Crippen molar-refractivity contribution in [1.29, 1.82) is 0 Å². The minimum Gasteiger partial charge on any atom is -0.504 e. The van der Waals surface area contributed by atoms with Crippen molar-refractivity contribution in [2.24, 2.45) is 0 Å². The van der Waals surface area contributed by atoms with E-state index in [0.29, 0.717) is 23.5 Å². The Morgan fingerprint density at radius 1 is 1.15 bits per heavy atom. The van der Waals surface area contributed by atoms with E-state index in [0.717, 1.165) is 16.7 Å². The molecule has 0 atom stereocenters. The van der Waals surface area contributed by atoms with E-state index in [1.54, 1.807) is 55.5 Å². The predicted octanol–water partition coefficient (Wildman–Crippen LogP) is 3.71. The monoisotopic (exact) mass is 383 g/mol. The number of ketones is 1. The van der Waals surface area contributed by atoms with Gasteiger partial charge in [0.15, 0.2) is 17.3 Å². The largest absolute Gasteiger partial charge is 0.504 e. The molecule has 1 aliphatic rings. The van der Waals surface area contributed by atoms with Gasteiger partial charge in [0.2, 0.25) is 0 Å². The Hall–Kier alpha value is -3.06. The molecule has 1 fully saturated rings. The lowest BCUT2D eigenvalue weighted by molar-refractivity contribution is -0.122. The Morgan fingerprint density at radius 3 is 2.59 bits per heavy atom. The Bertz CT molecular complexity index is 923. The van der Waals surface area contributed by atoms with Crippen molar-refractivity contribution in [2.75, 3.05) is 13.2 Å². The lowest BCUT2D eigenvalue weighted by atomic mass is 10.1. The number of carbonyl (C=O) groups is 3. The zero-order valence-electron chi connectivity index (χ0n) is 14.5. The molecule has 1 saturated heterocycles. The number of ether oxygens (including phenoxy) is 1. The van der Waals surface area contributed by atoms with Crippen LogP contribution in [0.1, 0.15) is 22.8 Å². The van der Waals surface area contributed by atoms with Crippen LogP contribution in [-0.2, 0) is 4.79 Å². The fraction of sp³-hybridized carbons (Fsp3) is 0.150. The van der Waals surface area contributed by atoms with Gasteiger partial charge in [-0.05, 0) is 30.8 Å². The first-order valence-electron chi connectivity index (χ1n) is 8.29. The molecule has 2 aromatic carbocycles. The van der Waals surface area contributed by atoms with Gasteiger partial charge in [-0.25, -0.2) is 0 Å². The number of amides is 2. The lowest BCUT2D eigenvalue weighted by Gasteiger charge is -2.11. The average Bonchev–Trinajstić information content (AvgIpc) is 2.93. The molecule has 138 valence electrons. The first-order valence-corrected chi connectivity index (χ1v) is 9.11. The van der Waals surface area contributed by atoms with Crippen molar-refractivity contribution >= 4 is 34.8 Å². The maximum atomic E-state index is 12.6. The number of phenols is 1. The quantitative estimate of drug-likeness (QED) is 0.605. The van der Waals surface area contributed by atoms with Crippen LogP contribution >= 0.6 is 11.8 Å². The number of Topliss-reactive ketones (excluding diaryl/α,β-unsaturated/α-hetero) is 1. The van der Waals surface area contributed by atoms with E-state index in [1.165, 1.54) is 6.08 Å². The predicted molar refractivity (Wildman–Crippen MR) is 103 cm³/mol. The highest BCUT2D eigenvalue weighted by Crippen LogP contribution is 2.36. The molecule has 1 heterocycles. The smallest absolute Gasteiger partial charge is 0.293 e. The van der Waals surface area contributed by atoms with E-state index >= 15 is 0 Å². The summed E-state index contributed by atoms with van der Waals surface area (Å²) in [6.07, 6.45) is 1.43. The Morgan fingerprint density at radius 2 is 1.89 bits per heavy atom. The fourth-order valence-electron chi connectivity index (χ4n) is 2.56. The number of nitrogens with zero attached hydrogens (tertiary/aromatic N) is 1. The first-order chi connectivity index (χ1) is 13.0. The highest BCUT2D eigenvalue weighted by atomic mass is 32.2. The molecule has 0 aromatic heterocycles. The third-order valence-electron chi connectivity index (χ3n) is 3.89. The molecule has 6 nitrogen and oxygen atoms in total. The van der Waals surface area contributed by atoms with Gasteiger partial charge >= 0.3 is 0 Å². The summed E-state index contributed by atoms with van der Waals surface area (Å²) in [6, 6.07) is 13.4. The summed E-state index contributed by atoms with van der Waals surface area (Å²) in [7, 11) is 0. The van der Waals surface area contributed by atoms with Gasteiger partial charge in [-0.3, -0.25) is 19.3 Å². The number of hydrogen-bond acceptors (Lipinski definition) is 6. The van der Waals surface area contributed by atoms with Gasteiger partial charge in [-0.1, -0.05) is 42.5 Å². The topological polar surface area (TPSA) is 83.9 Å². The van der Waals surface area contributed by atoms with E-state index in [4.69, 9.17) is 4.74 Å². The number of carbonyl (C=O) groups excluding carboxylic acids is 3. The molecule has 2 amide bonds. The molecule has 0 radical (unpaired) electrons. The summed E-state index contributed by atoms with van der Waals surface area (Å²) in [5, 5.41) is 9.73. The number of rotatable bonds is 6. The van der Waals surface area contributed by atoms with Gasteiger partial charge in [0, 0.05) is 11.1 Å². The molecule has 0 aliphatic carbocycles. The van der Waals surface area contributed by atoms with Gasteiger partial charge in [-0.15, -0.1) is 0 Å². The van der Waals surface area contributed by atoms with E-state index in [-0.39, 0.29) is 23.0 Å². The summed E-state index contributed by atoms with van der Waals surface area (Å²) in [4.78, 5) is 38.1. The summed E-state index contributed by atoms with van der Waals surface area (Å²) >= 11 is 0.736. The highest BCUT2D eigenvalue weighted by Gasteiger charge is 2.36. The number of para-hydroxylation sites is 1. The molecule has 27 heavy (non-hydrogen) atoms. The summed E-state index contributed by atoms with van der Waals surface area (Å²) in [5.74, 6) is -0.688. The third kappa shape index (κ3) is 4.03. The van der Waals surface area contributed by atoms with Crippen LogP contribution in [0.3, 0.4) is 0 Å². The molecule has 2 aromatic rings. The van der Waals surface area contributed by atoms with Gasteiger partial charge < -0.3 is 9.84 Å². The molecule has 0 saturated carbocycles. The summed E-state index contributed by atoms with van der Waals surface area (Å²) in [6.45, 7) is 1.85. The molecule has 0 unspecified atom stereocenters. The molecule has 1 N–H and O–H groups in total. The first kappa shape index (κ1) is 18.7. The van der Waals surface area contributed by atoms with Crippen LogP contribution in [0.25, 0.3) is 6.08 Å². The maximum absolute atomic E-state index is 12.6. The molecular weight excluding hydrogens is 366 g/mol. The highest BCUT2D eigenvalue weighted by molar-refractivity contribution is 8.18. The van der Waals surface area contributed by atoms with Gasteiger partial charge in [0.1, 0.15) is 0 Å². The lowest BCUT2D eigenvalue weighted by Crippen LogP contribution is -2.33. The van der Waals surface area contributed by atoms with Gasteiger partial charge in [0.05, 0.1) is 18.1 Å². The molecule has 1 aliphatic heterocycles. The van der Waals surface area contributed by atoms with Crippen LogP contribution in [0.5, 0.6) is 11.5 Å². The van der Waals surface area contributed by atoms with Gasteiger partial charge in [0.25, 0.3) is 11.1 Å². The van der Waals surface area contributed by atoms with Crippen LogP contribution in [0, 0.1) is 0 Å². The normalized spacial score (nSPS) is 15.4. The van der Waals surface area contributed by atoms with Crippen molar-refractivity contribution in [1.82, 2.24) is 4.90 Å². The van der Waals surface area contributed by atoms with Crippen LogP contribution in [-0.4, -0.2) is 40.1 Å². The van der Waals surface area contributed by atoms with E-state index in [2.05, 4.69) is 0 Å². The van der Waals surface area contributed by atoms with Crippen LogP contribution < -0.4 is 4.74 Å². The number of benzene rings is 2. The van der Waals surface area contributed by atoms with Crippen LogP contribution in [0.4, 0.5) is 4.79 Å². The molecular formula is C20H17NO5S. The number of aromatic hydroxyl groups is 1. The second kappa shape index (κ2) is 8.09. The molecule has 7 heteroatoms. The summed E-state index contributed by atoms with van der Waals surface area (Å²) < 4.78 is 5.32. The van der Waals surface area contributed by atoms with Crippen LogP contribution in [0.2, 0.25) is 0 Å². The SMILES string of the molecule is CCOc1cccc(/C=C2\SC(=O)N(CC(=O)c3ccccc3)C2=O)c1O. The van der Waals surface area contributed by atoms with E-state index < -0.39 is 11.1 Å².